The van der Waals surface area contributed by atoms with Gasteiger partial charge in [0.05, 0.1) is 17.8 Å². The Morgan fingerprint density at radius 3 is 2.78 bits per heavy atom. The molecule has 1 aromatic rings. The number of anilines is 1. The Morgan fingerprint density at radius 2 is 2.22 bits per heavy atom. The van der Waals surface area contributed by atoms with E-state index < -0.39 is 0 Å². The van der Waals surface area contributed by atoms with Gasteiger partial charge in [-0.05, 0) is 32.0 Å². The minimum absolute atomic E-state index is 0.00568. The molecule has 0 aliphatic carbocycles. The fourth-order valence-corrected chi connectivity index (χ4v) is 1.70. The predicted octanol–water partition coefficient (Wildman–Crippen LogP) is 2.60. The summed E-state index contributed by atoms with van der Waals surface area (Å²) >= 11 is 3.34. The Bertz CT molecular complexity index is 480. The molecule has 0 saturated carbocycles. The summed E-state index contributed by atoms with van der Waals surface area (Å²) in [5, 5.41) is 12.0. The van der Waals surface area contributed by atoms with E-state index in [4.69, 9.17) is 5.26 Å². The first-order chi connectivity index (χ1) is 8.45. The van der Waals surface area contributed by atoms with Crippen LogP contribution in [0.2, 0.25) is 0 Å². The van der Waals surface area contributed by atoms with Crippen molar-refractivity contribution in [2.24, 2.45) is 0 Å². The molecule has 1 aromatic carbocycles. The second kappa shape index (κ2) is 6.41. The third-order valence-electron chi connectivity index (χ3n) is 2.70. The first-order valence-corrected chi connectivity index (χ1v) is 6.44. The average Bonchev–Trinajstić information content (AvgIpc) is 2.35. The highest BCUT2D eigenvalue weighted by molar-refractivity contribution is 9.10. The molecule has 1 N–H and O–H groups in total. The van der Waals surface area contributed by atoms with Gasteiger partial charge < -0.3 is 10.2 Å². The van der Waals surface area contributed by atoms with Gasteiger partial charge in [0.2, 0.25) is 5.91 Å². The maximum atomic E-state index is 11.8. The van der Waals surface area contributed by atoms with E-state index in [0.29, 0.717) is 11.3 Å². The maximum Gasteiger partial charge on any atom is 0.241 e. The van der Waals surface area contributed by atoms with Crippen molar-refractivity contribution < 1.29 is 4.79 Å². The number of halogens is 1. The van der Waals surface area contributed by atoms with Gasteiger partial charge in [0.25, 0.3) is 0 Å². The molecule has 0 bridgehead atoms. The van der Waals surface area contributed by atoms with Crippen molar-refractivity contribution >= 4 is 27.5 Å². The van der Waals surface area contributed by atoms with Crippen molar-refractivity contribution in [1.82, 2.24) is 4.90 Å². The Morgan fingerprint density at radius 1 is 1.56 bits per heavy atom. The van der Waals surface area contributed by atoms with E-state index in [-0.39, 0.29) is 18.5 Å². The van der Waals surface area contributed by atoms with Gasteiger partial charge in [-0.2, -0.15) is 5.26 Å². The van der Waals surface area contributed by atoms with Crippen molar-refractivity contribution in [3.05, 3.63) is 28.2 Å². The van der Waals surface area contributed by atoms with Gasteiger partial charge in [0.1, 0.15) is 6.07 Å². The molecule has 0 aliphatic heterocycles. The highest BCUT2D eigenvalue weighted by atomic mass is 79.9. The van der Waals surface area contributed by atoms with Gasteiger partial charge >= 0.3 is 0 Å². The number of carbonyl (C=O) groups is 1. The van der Waals surface area contributed by atoms with Crippen molar-refractivity contribution in [2.75, 3.05) is 18.9 Å². The van der Waals surface area contributed by atoms with Crippen LogP contribution < -0.4 is 5.32 Å². The van der Waals surface area contributed by atoms with Gasteiger partial charge in [-0.25, -0.2) is 0 Å². The molecular formula is C13H16BrN3O. The molecule has 1 amide bonds. The van der Waals surface area contributed by atoms with E-state index in [0.717, 1.165) is 4.47 Å². The monoisotopic (exact) mass is 309 g/mol. The lowest BCUT2D eigenvalue weighted by Gasteiger charge is -2.22. The summed E-state index contributed by atoms with van der Waals surface area (Å²) in [6, 6.07) is 7.56. The van der Waals surface area contributed by atoms with Crippen LogP contribution in [0.5, 0.6) is 0 Å². The van der Waals surface area contributed by atoms with E-state index in [1.54, 1.807) is 30.1 Å². The van der Waals surface area contributed by atoms with E-state index in [9.17, 15) is 4.79 Å². The van der Waals surface area contributed by atoms with Gasteiger partial charge in [-0.3, -0.25) is 4.79 Å². The first kappa shape index (κ1) is 14.5. The van der Waals surface area contributed by atoms with Crippen LogP contribution in [-0.2, 0) is 4.79 Å². The summed E-state index contributed by atoms with van der Waals surface area (Å²) in [4.78, 5) is 13.5. The molecule has 0 saturated heterocycles. The van der Waals surface area contributed by atoms with Crippen LogP contribution in [0.1, 0.15) is 19.4 Å². The molecule has 0 atom stereocenters. The normalized spacial score (nSPS) is 10.0. The zero-order valence-corrected chi connectivity index (χ0v) is 12.3. The molecule has 0 unspecified atom stereocenters. The average molecular weight is 310 g/mol. The molecule has 0 heterocycles. The Kier molecular flexibility index (Phi) is 5.17. The number of benzene rings is 1. The molecule has 4 nitrogen and oxygen atoms in total. The quantitative estimate of drug-likeness (QED) is 0.930. The minimum atomic E-state index is -0.00568. The number of nitriles is 1. The van der Waals surface area contributed by atoms with E-state index in [1.807, 2.05) is 13.8 Å². The molecule has 1 rings (SSSR count). The van der Waals surface area contributed by atoms with Crippen LogP contribution in [0, 0.1) is 11.3 Å². The standard InChI is InChI=1S/C13H16BrN3O/c1-9(2)17(3)13(18)8-16-12-6-11(14)5-4-10(12)7-15/h4-6,9,16H,8H2,1-3H3. The molecule has 96 valence electrons. The van der Waals surface area contributed by atoms with Crippen LogP contribution in [-0.4, -0.2) is 30.4 Å². The number of carbonyl (C=O) groups excluding carboxylic acids is 1. The number of likely N-dealkylation sites (N-methyl/N-ethyl adjacent to an activating group) is 1. The number of rotatable bonds is 4. The molecule has 0 fully saturated rings. The molecular weight excluding hydrogens is 294 g/mol. The SMILES string of the molecule is CC(C)N(C)C(=O)CNc1cc(Br)ccc1C#N. The molecule has 0 radical (unpaired) electrons. The zero-order valence-electron chi connectivity index (χ0n) is 10.7. The maximum absolute atomic E-state index is 11.8. The smallest absolute Gasteiger partial charge is 0.241 e. The van der Waals surface area contributed by atoms with E-state index in [1.165, 1.54) is 0 Å². The Hall–Kier alpha value is -1.54. The lowest BCUT2D eigenvalue weighted by Crippen LogP contribution is -2.37. The van der Waals surface area contributed by atoms with E-state index >= 15 is 0 Å². The van der Waals surface area contributed by atoms with Crippen molar-refractivity contribution in [3.63, 3.8) is 0 Å². The molecule has 0 aliphatic rings. The van der Waals surface area contributed by atoms with Crippen LogP contribution in [0.3, 0.4) is 0 Å². The predicted molar refractivity (Wildman–Crippen MR) is 75.3 cm³/mol. The topological polar surface area (TPSA) is 56.1 Å². The first-order valence-electron chi connectivity index (χ1n) is 5.65. The second-order valence-electron chi connectivity index (χ2n) is 4.25. The van der Waals surface area contributed by atoms with Crippen molar-refractivity contribution in [1.29, 1.82) is 5.26 Å². The molecule has 0 spiro atoms. The summed E-state index contributed by atoms with van der Waals surface area (Å²) in [7, 11) is 1.76. The fraction of sp³-hybridized carbons (Fsp3) is 0.385. The fourth-order valence-electron chi connectivity index (χ4n) is 1.34. The van der Waals surface area contributed by atoms with E-state index in [2.05, 4.69) is 27.3 Å². The number of nitrogens with one attached hydrogen (secondary N) is 1. The summed E-state index contributed by atoms with van der Waals surface area (Å²) < 4.78 is 0.869. The lowest BCUT2D eigenvalue weighted by atomic mass is 10.2. The number of hydrogen-bond donors (Lipinski definition) is 1. The summed E-state index contributed by atoms with van der Waals surface area (Å²) in [5.41, 5.74) is 1.19. The Balaban J connectivity index is 2.72. The molecule has 5 heteroatoms. The highest BCUT2D eigenvalue weighted by Crippen LogP contribution is 2.20. The lowest BCUT2D eigenvalue weighted by molar-refractivity contribution is -0.129. The van der Waals surface area contributed by atoms with Crippen molar-refractivity contribution in [2.45, 2.75) is 19.9 Å². The van der Waals surface area contributed by atoms with Crippen LogP contribution in [0.4, 0.5) is 5.69 Å². The second-order valence-corrected chi connectivity index (χ2v) is 5.17. The minimum Gasteiger partial charge on any atom is -0.375 e. The third kappa shape index (κ3) is 3.74. The molecule has 18 heavy (non-hydrogen) atoms. The van der Waals surface area contributed by atoms with Crippen LogP contribution in [0.15, 0.2) is 22.7 Å². The van der Waals surface area contributed by atoms with Crippen LogP contribution in [0.25, 0.3) is 0 Å². The largest absolute Gasteiger partial charge is 0.375 e. The third-order valence-corrected chi connectivity index (χ3v) is 3.19. The number of nitrogens with zero attached hydrogens (tertiary/aromatic N) is 2. The highest BCUT2D eigenvalue weighted by Gasteiger charge is 2.12. The summed E-state index contributed by atoms with van der Waals surface area (Å²) in [6.45, 7) is 4.09. The van der Waals surface area contributed by atoms with Gasteiger partial charge in [-0.15, -0.1) is 0 Å². The molecule has 0 aromatic heterocycles. The Labute approximate surface area is 116 Å². The van der Waals surface area contributed by atoms with Gasteiger partial charge in [0.15, 0.2) is 0 Å². The zero-order chi connectivity index (χ0) is 13.7. The van der Waals surface area contributed by atoms with Gasteiger partial charge in [-0.1, -0.05) is 15.9 Å². The van der Waals surface area contributed by atoms with Crippen LogP contribution >= 0.6 is 15.9 Å². The number of amides is 1. The summed E-state index contributed by atoms with van der Waals surface area (Å²) in [5.74, 6) is -0.00568. The van der Waals surface area contributed by atoms with Crippen molar-refractivity contribution in [3.8, 4) is 6.07 Å². The number of hydrogen-bond acceptors (Lipinski definition) is 3. The van der Waals surface area contributed by atoms with Gasteiger partial charge in [0, 0.05) is 17.6 Å². The summed E-state index contributed by atoms with van der Waals surface area (Å²) in [6.07, 6.45) is 0.